The van der Waals surface area contributed by atoms with Crippen LogP contribution in [0.3, 0.4) is 0 Å². The van der Waals surface area contributed by atoms with Gasteiger partial charge in [-0.05, 0) is 47.5 Å². The van der Waals surface area contributed by atoms with Gasteiger partial charge in [-0.25, -0.2) is 4.98 Å². The summed E-state index contributed by atoms with van der Waals surface area (Å²) in [6.45, 7) is 0.835. The monoisotopic (exact) mass is 351 g/mol. The Balaban J connectivity index is 1.68. The summed E-state index contributed by atoms with van der Waals surface area (Å²) in [5.41, 5.74) is 5.76. The van der Waals surface area contributed by atoms with Crippen LogP contribution in [0.15, 0.2) is 71.6 Å². The van der Waals surface area contributed by atoms with Crippen LogP contribution in [0.4, 0.5) is 0 Å². The minimum atomic E-state index is 0.835. The summed E-state index contributed by atoms with van der Waals surface area (Å²) in [6, 6.07) is 19.0. The molecule has 3 nitrogen and oxygen atoms in total. The summed E-state index contributed by atoms with van der Waals surface area (Å²) < 4.78 is 3.36. The molecule has 0 bridgehead atoms. The molecule has 0 saturated heterocycles. The summed E-state index contributed by atoms with van der Waals surface area (Å²) in [6.07, 6.45) is 3.85. The quantitative estimate of drug-likeness (QED) is 0.562. The molecule has 0 saturated carbocycles. The van der Waals surface area contributed by atoms with Gasteiger partial charge >= 0.3 is 0 Å². The third-order valence-electron chi connectivity index (χ3n) is 3.81. The second kappa shape index (κ2) is 5.46. The van der Waals surface area contributed by atoms with Crippen LogP contribution in [0.1, 0.15) is 5.56 Å². The van der Waals surface area contributed by atoms with Crippen LogP contribution in [0.2, 0.25) is 0 Å². The maximum atomic E-state index is 4.33. The minimum absolute atomic E-state index is 0.835. The number of benzene rings is 2. The second-order valence-electron chi connectivity index (χ2n) is 5.28. The van der Waals surface area contributed by atoms with Crippen molar-refractivity contribution in [3.63, 3.8) is 0 Å². The molecule has 2 heterocycles. The molecule has 4 rings (SSSR count). The zero-order valence-electron chi connectivity index (χ0n) is 11.8. The number of fused-ring (bicyclic) bond motifs is 1. The predicted octanol–water partition coefficient (Wildman–Crippen LogP) is 4.84. The molecule has 108 valence electrons. The third-order valence-corrected chi connectivity index (χ3v) is 4.34. The summed E-state index contributed by atoms with van der Waals surface area (Å²) in [5.74, 6) is 0. The minimum Gasteiger partial charge on any atom is -0.345 e. The molecule has 0 amide bonds. The van der Waals surface area contributed by atoms with Gasteiger partial charge in [0.15, 0.2) is 0 Å². The van der Waals surface area contributed by atoms with Crippen LogP contribution in [-0.4, -0.2) is 14.5 Å². The van der Waals surface area contributed by atoms with Crippen LogP contribution in [-0.2, 0) is 6.54 Å². The van der Waals surface area contributed by atoms with Crippen molar-refractivity contribution in [2.45, 2.75) is 6.54 Å². The number of aromatic amines is 1. The Morgan fingerprint density at radius 3 is 2.77 bits per heavy atom. The molecule has 0 aliphatic carbocycles. The highest BCUT2D eigenvalue weighted by Gasteiger charge is 2.06. The van der Waals surface area contributed by atoms with E-state index in [0.717, 1.165) is 22.1 Å². The Bertz CT molecular complexity index is 919. The van der Waals surface area contributed by atoms with Gasteiger partial charge in [-0.3, -0.25) is 0 Å². The number of hydrogen-bond donors (Lipinski definition) is 1. The van der Waals surface area contributed by atoms with E-state index in [1.54, 1.807) is 6.33 Å². The van der Waals surface area contributed by atoms with Gasteiger partial charge in [0.2, 0.25) is 0 Å². The highest BCUT2D eigenvalue weighted by Crippen LogP contribution is 2.23. The van der Waals surface area contributed by atoms with Crippen LogP contribution in [0.5, 0.6) is 0 Å². The molecular weight excluding hydrogens is 338 g/mol. The molecule has 4 heteroatoms. The lowest BCUT2D eigenvalue weighted by molar-refractivity contribution is 0.815. The first-order valence-electron chi connectivity index (χ1n) is 7.13. The van der Waals surface area contributed by atoms with E-state index < -0.39 is 0 Å². The Labute approximate surface area is 136 Å². The molecule has 0 aliphatic rings. The fourth-order valence-electron chi connectivity index (χ4n) is 2.71. The van der Waals surface area contributed by atoms with Crippen molar-refractivity contribution in [1.29, 1.82) is 0 Å². The summed E-state index contributed by atoms with van der Waals surface area (Å²) >= 11 is 3.48. The van der Waals surface area contributed by atoms with E-state index in [9.17, 15) is 0 Å². The largest absolute Gasteiger partial charge is 0.345 e. The fourth-order valence-corrected chi connectivity index (χ4v) is 2.97. The standard InChI is InChI=1S/C18H14BrN3/c19-15-6-4-14(5-7-15)18-2-1-9-22(18)11-13-3-8-16-17(10-13)21-12-20-16/h1-10,12H,11H2,(H,20,21). The van der Waals surface area contributed by atoms with Crippen molar-refractivity contribution in [3.05, 3.63) is 77.2 Å². The molecule has 4 aromatic rings. The van der Waals surface area contributed by atoms with Crippen molar-refractivity contribution >= 4 is 27.0 Å². The van der Waals surface area contributed by atoms with Crippen molar-refractivity contribution in [2.75, 3.05) is 0 Å². The average Bonchev–Trinajstić information content (AvgIpc) is 3.17. The number of hydrogen-bond acceptors (Lipinski definition) is 1. The molecule has 0 atom stereocenters. The predicted molar refractivity (Wildman–Crippen MR) is 92.8 cm³/mol. The zero-order valence-corrected chi connectivity index (χ0v) is 13.4. The average molecular weight is 352 g/mol. The number of imidazole rings is 1. The van der Waals surface area contributed by atoms with Gasteiger partial charge < -0.3 is 9.55 Å². The molecule has 2 aromatic heterocycles. The molecule has 22 heavy (non-hydrogen) atoms. The summed E-state index contributed by atoms with van der Waals surface area (Å²) in [5, 5.41) is 0. The normalized spacial score (nSPS) is 11.1. The van der Waals surface area contributed by atoms with Gasteiger partial charge in [0.05, 0.1) is 17.4 Å². The summed E-state index contributed by atoms with van der Waals surface area (Å²) in [4.78, 5) is 7.45. The molecule has 0 radical (unpaired) electrons. The van der Waals surface area contributed by atoms with E-state index >= 15 is 0 Å². The molecular formula is C18H14BrN3. The zero-order chi connectivity index (χ0) is 14.9. The number of halogens is 1. The van der Waals surface area contributed by atoms with E-state index in [-0.39, 0.29) is 0 Å². The fraction of sp³-hybridized carbons (Fsp3) is 0.0556. The molecule has 1 N–H and O–H groups in total. The van der Waals surface area contributed by atoms with Gasteiger partial charge in [0.1, 0.15) is 0 Å². The van der Waals surface area contributed by atoms with Gasteiger partial charge in [-0.1, -0.05) is 34.1 Å². The van der Waals surface area contributed by atoms with Crippen LogP contribution in [0.25, 0.3) is 22.3 Å². The first kappa shape index (κ1) is 13.3. The number of aromatic nitrogens is 3. The van der Waals surface area contributed by atoms with E-state index in [1.807, 2.05) is 0 Å². The van der Waals surface area contributed by atoms with Crippen molar-refractivity contribution in [2.24, 2.45) is 0 Å². The van der Waals surface area contributed by atoms with Crippen molar-refractivity contribution in [1.82, 2.24) is 14.5 Å². The van der Waals surface area contributed by atoms with Crippen LogP contribution < -0.4 is 0 Å². The smallest absolute Gasteiger partial charge is 0.0931 e. The van der Waals surface area contributed by atoms with E-state index in [2.05, 4.69) is 91.3 Å². The molecule has 2 aromatic carbocycles. The van der Waals surface area contributed by atoms with Gasteiger partial charge in [0, 0.05) is 22.9 Å². The number of nitrogens with one attached hydrogen (secondary N) is 1. The maximum absolute atomic E-state index is 4.33. The lowest BCUT2D eigenvalue weighted by Crippen LogP contribution is -2.00. The summed E-state index contributed by atoms with van der Waals surface area (Å²) in [7, 11) is 0. The van der Waals surface area contributed by atoms with Gasteiger partial charge in [-0.2, -0.15) is 0 Å². The van der Waals surface area contributed by atoms with Crippen molar-refractivity contribution in [3.8, 4) is 11.3 Å². The molecule has 0 spiro atoms. The Morgan fingerprint density at radius 2 is 1.91 bits per heavy atom. The Kier molecular flexibility index (Phi) is 3.31. The SMILES string of the molecule is Brc1ccc(-c2cccn2Cc2ccc3[nH]cnc3c2)cc1. The van der Waals surface area contributed by atoms with Crippen LogP contribution in [0, 0.1) is 0 Å². The maximum Gasteiger partial charge on any atom is 0.0931 e. The Morgan fingerprint density at radius 1 is 1.05 bits per heavy atom. The van der Waals surface area contributed by atoms with Crippen molar-refractivity contribution < 1.29 is 0 Å². The number of rotatable bonds is 3. The molecule has 0 aliphatic heterocycles. The lowest BCUT2D eigenvalue weighted by Gasteiger charge is -2.10. The number of H-pyrrole nitrogens is 1. The van der Waals surface area contributed by atoms with E-state index in [1.165, 1.54) is 16.8 Å². The number of nitrogens with zero attached hydrogens (tertiary/aromatic N) is 2. The highest BCUT2D eigenvalue weighted by molar-refractivity contribution is 9.10. The third kappa shape index (κ3) is 2.46. The topological polar surface area (TPSA) is 33.6 Å². The highest BCUT2D eigenvalue weighted by atomic mass is 79.9. The van der Waals surface area contributed by atoms with Crippen LogP contribution >= 0.6 is 15.9 Å². The first-order chi connectivity index (χ1) is 10.8. The Hall–Kier alpha value is -2.33. The van der Waals surface area contributed by atoms with E-state index in [0.29, 0.717) is 0 Å². The first-order valence-corrected chi connectivity index (χ1v) is 7.92. The lowest BCUT2D eigenvalue weighted by atomic mass is 10.1. The van der Waals surface area contributed by atoms with Gasteiger partial charge in [0.25, 0.3) is 0 Å². The van der Waals surface area contributed by atoms with E-state index in [4.69, 9.17) is 0 Å². The molecule has 0 fully saturated rings. The molecule has 0 unspecified atom stereocenters. The van der Waals surface area contributed by atoms with Gasteiger partial charge in [-0.15, -0.1) is 0 Å². The second-order valence-corrected chi connectivity index (χ2v) is 6.20.